The first-order valence-electron chi connectivity index (χ1n) is 9.53. The highest BCUT2D eigenvalue weighted by Crippen LogP contribution is 2.30. The molecule has 32 heavy (non-hydrogen) atoms. The van der Waals surface area contributed by atoms with Gasteiger partial charge in [-0.3, -0.25) is 14.5 Å². The maximum atomic E-state index is 12.9. The van der Waals surface area contributed by atoms with Crippen LogP contribution in [0.1, 0.15) is 29.7 Å². The Morgan fingerprint density at radius 3 is 2.31 bits per heavy atom. The van der Waals surface area contributed by atoms with Gasteiger partial charge in [0, 0.05) is 18.1 Å². The predicted octanol–water partition coefficient (Wildman–Crippen LogP) is 4.32. The van der Waals surface area contributed by atoms with Gasteiger partial charge in [0.1, 0.15) is 0 Å². The second kappa shape index (κ2) is 9.39. The maximum absolute atomic E-state index is 12.9. The molecule has 168 valence electrons. The quantitative estimate of drug-likeness (QED) is 0.546. The number of anilines is 1. The molecule has 1 aromatic heterocycles. The molecule has 6 nitrogen and oxygen atoms in total. The molecule has 1 amide bonds. The molecular weight excluding hydrogens is 443 g/mol. The number of aromatic nitrogens is 1. The molecule has 1 atom stereocenters. The second-order valence-corrected chi connectivity index (χ2v) is 8.76. The topological polar surface area (TPSA) is 88.2 Å². The Kier molecular flexibility index (Phi) is 6.83. The number of nitrogens with one attached hydrogen (secondary N) is 2. The van der Waals surface area contributed by atoms with Gasteiger partial charge in [-0.15, -0.1) is 0 Å². The zero-order valence-electron chi connectivity index (χ0n) is 16.9. The fourth-order valence-electron chi connectivity index (χ4n) is 2.96. The Morgan fingerprint density at radius 1 is 1.03 bits per heavy atom. The number of pyridine rings is 1. The van der Waals surface area contributed by atoms with Crippen molar-refractivity contribution in [3.05, 3.63) is 89.7 Å². The molecule has 2 aromatic carbocycles. The van der Waals surface area contributed by atoms with Crippen molar-refractivity contribution in [2.75, 3.05) is 4.72 Å². The number of carbonyl (C=O) groups excluding carboxylic acids is 1. The van der Waals surface area contributed by atoms with E-state index in [9.17, 15) is 26.4 Å². The third kappa shape index (κ3) is 6.07. The molecule has 0 aliphatic carbocycles. The van der Waals surface area contributed by atoms with Crippen molar-refractivity contribution in [3.8, 4) is 0 Å². The SMILES string of the molecule is C[C@@H](NC(=O)Cc1ccc(NS(=O)(=O)c2cccc(C(F)(F)F)c2)cc1)c1ccncc1. The number of hydrogen-bond acceptors (Lipinski definition) is 4. The van der Waals surface area contributed by atoms with Gasteiger partial charge in [0.25, 0.3) is 10.0 Å². The molecule has 0 spiro atoms. The minimum Gasteiger partial charge on any atom is -0.349 e. The summed E-state index contributed by atoms with van der Waals surface area (Å²) in [5.41, 5.74) is 0.665. The van der Waals surface area contributed by atoms with E-state index in [2.05, 4.69) is 15.0 Å². The number of sulfonamides is 1. The highest BCUT2D eigenvalue weighted by Gasteiger charge is 2.31. The number of alkyl halides is 3. The van der Waals surface area contributed by atoms with E-state index >= 15 is 0 Å². The van der Waals surface area contributed by atoms with Gasteiger partial charge in [0.15, 0.2) is 0 Å². The molecule has 1 heterocycles. The van der Waals surface area contributed by atoms with Crippen molar-refractivity contribution in [3.63, 3.8) is 0 Å². The van der Waals surface area contributed by atoms with E-state index in [1.165, 1.54) is 12.1 Å². The molecule has 10 heteroatoms. The monoisotopic (exact) mass is 463 g/mol. The summed E-state index contributed by atoms with van der Waals surface area (Å²) in [6, 6.07) is 12.9. The van der Waals surface area contributed by atoms with E-state index in [4.69, 9.17) is 0 Å². The standard InChI is InChI=1S/C22H20F3N3O3S/c1-15(17-9-11-26-12-10-17)27-21(29)13-16-5-7-19(8-6-16)28-32(30,31)20-4-2-3-18(14-20)22(23,24)25/h2-12,14-15,28H,13H2,1H3,(H,27,29)/t15-/m1/s1. The van der Waals surface area contributed by atoms with E-state index in [1.807, 2.05) is 6.92 Å². The van der Waals surface area contributed by atoms with Crippen LogP contribution in [0.4, 0.5) is 18.9 Å². The molecule has 0 radical (unpaired) electrons. The molecule has 0 aliphatic heterocycles. The Labute approximate surface area is 183 Å². The zero-order valence-corrected chi connectivity index (χ0v) is 17.7. The molecular formula is C22H20F3N3O3S. The van der Waals surface area contributed by atoms with Crippen molar-refractivity contribution < 1.29 is 26.4 Å². The van der Waals surface area contributed by atoms with Crippen LogP contribution in [-0.2, 0) is 27.4 Å². The molecule has 0 unspecified atom stereocenters. The minimum atomic E-state index is -4.65. The van der Waals surface area contributed by atoms with Gasteiger partial charge in [-0.2, -0.15) is 13.2 Å². The summed E-state index contributed by atoms with van der Waals surface area (Å²) in [6.45, 7) is 1.85. The Morgan fingerprint density at radius 2 is 1.69 bits per heavy atom. The minimum absolute atomic E-state index is 0.0794. The van der Waals surface area contributed by atoms with E-state index in [-0.39, 0.29) is 24.1 Å². The van der Waals surface area contributed by atoms with Crippen molar-refractivity contribution in [2.45, 2.75) is 30.5 Å². The van der Waals surface area contributed by atoms with Crippen LogP contribution in [0.5, 0.6) is 0 Å². The van der Waals surface area contributed by atoms with E-state index in [0.717, 1.165) is 23.8 Å². The average molecular weight is 463 g/mol. The summed E-state index contributed by atoms with van der Waals surface area (Å²) in [6.07, 6.45) is -1.30. The summed E-state index contributed by atoms with van der Waals surface area (Å²) < 4.78 is 65.7. The highest BCUT2D eigenvalue weighted by molar-refractivity contribution is 7.92. The van der Waals surface area contributed by atoms with Crippen LogP contribution in [0.2, 0.25) is 0 Å². The number of halogens is 3. The number of amides is 1. The third-order valence-corrected chi connectivity index (χ3v) is 6.01. The maximum Gasteiger partial charge on any atom is 0.416 e. The average Bonchev–Trinajstić information content (AvgIpc) is 2.75. The van der Waals surface area contributed by atoms with Gasteiger partial charge < -0.3 is 5.32 Å². The van der Waals surface area contributed by atoms with Crippen LogP contribution in [0.15, 0.2) is 78.0 Å². The molecule has 3 aromatic rings. The van der Waals surface area contributed by atoms with Crippen molar-refractivity contribution >= 4 is 21.6 Å². The lowest BCUT2D eigenvalue weighted by atomic mass is 10.1. The summed E-state index contributed by atoms with van der Waals surface area (Å²) in [5.74, 6) is -0.216. The molecule has 0 aliphatic rings. The molecule has 0 saturated carbocycles. The third-order valence-electron chi connectivity index (χ3n) is 4.63. The van der Waals surface area contributed by atoms with Crippen molar-refractivity contribution in [1.82, 2.24) is 10.3 Å². The first-order chi connectivity index (χ1) is 15.0. The van der Waals surface area contributed by atoms with Gasteiger partial charge in [0.05, 0.1) is 22.9 Å². The first-order valence-corrected chi connectivity index (χ1v) is 11.0. The summed E-state index contributed by atoms with van der Waals surface area (Å²) in [4.78, 5) is 15.7. The fraction of sp³-hybridized carbons (Fsp3) is 0.182. The van der Waals surface area contributed by atoms with Crippen LogP contribution in [0, 0.1) is 0 Å². The van der Waals surface area contributed by atoms with Gasteiger partial charge in [-0.05, 0) is 60.5 Å². The van der Waals surface area contributed by atoms with E-state index < -0.39 is 26.7 Å². The van der Waals surface area contributed by atoms with Gasteiger partial charge in [-0.1, -0.05) is 18.2 Å². The molecule has 0 bridgehead atoms. The summed E-state index contributed by atoms with van der Waals surface area (Å²) >= 11 is 0. The van der Waals surface area contributed by atoms with Crippen LogP contribution in [0.25, 0.3) is 0 Å². The number of benzene rings is 2. The first kappa shape index (κ1) is 23.3. The van der Waals surface area contributed by atoms with Crippen molar-refractivity contribution in [2.24, 2.45) is 0 Å². The molecule has 3 rings (SSSR count). The Hall–Kier alpha value is -3.40. The second-order valence-electron chi connectivity index (χ2n) is 7.07. The highest BCUT2D eigenvalue weighted by atomic mass is 32.2. The number of carbonyl (C=O) groups is 1. The van der Waals surface area contributed by atoms with Gasteiger partial charge >= 0.3 is 6.18 Å². The predicted molar refractivity (Wildman–Crippen MR) is 113 cm³/mol. The molecule has 2 N–H and O–H groups in total. The number of nitrogens with zero attached hydrogens (tertiary/aromatic N) is 1. The summed E-state index contributed by atoms with van der Waals surface area (Å²) in [7, 11) is -4.21. The lowest BCUT2D eigenvalue weighted by Crippen LogP contribution is -2.28. The lowest BCUT2D eigenvalue weighted by molar-refractivity contribution is -0.137. The number of hydrogen-bond donors (Lipinski definition) is 2. The van der Waals surface area contributed by atoms with E-state index in [0.29, 0.717) is 11.6 Å². The fourth-order valence-corrected chi connectivity index (χ4v) is 4.06. The van der Waals surface area contributed by atoms with Crippen LogP contribution in [0.3, 0.4) is 0 Å². The lowest BCUT2D eigenvalue weighted by Gasteiger charge is -2.14. The van der Waals surface area contributed by atoms with Gasteiger partial charge in [-0.25, -0.2) is 8.42 Å². The van der Waals surface area contributed by atoms with Crippen LogP contribution < -0.4 is 10.0 Å². The van der Waals surface area contributed by atoms with Gasteiger partial charge in [0.2, 0.25) is 5.91 Å². The Bertz CT molecular complexity index is 1180. The Balaban J connectivity index is 1.63. The smallest absolute Gasteiger partial charge is 0.349 e. The largest absolute Gasteiger partial charge is 0.416 e. The summed E-state index contributed by atoms with van der Waals surface area (Å²) in [5, 5.41) is 2.87. The van der Waals surface area contributed by atoms with E-state index in [1.54, 1.807) is 36.7 Å². The molecule has 0 saturated heterocycles. The zero-order chi connectivity index (χ0) is 23.4. The molecule has 0 fully saturated rings. The number of rotatable bonds is 7. The van der Waals surface area contributed by atoms with Crippen molar-refractivity contribution in [1.29, 1.82) is 0 Å². The van der Waals surface area contributed by atoms with Crippen LogP contribution in [-0.4, -0.2) is 19.3 Å². The normalized spacial score (nSPS) is 12.8. The van der Waals surface area contributed by atoms with Crippen LogP contribution >= 0.6 is 0 Å².